The van der Waals surface area contributed by atoms with E-state index in [2.05, 4.69) is 30.5 Å². The van der Waals surface area contributed by atoms with E-state index in [0.29, 0.717) is 65.3 Å². The number of anilines is 1. The number of amides is 2. The third-order valence-electron chi connectivity index (χ3n) is 7.00. The molecule has 1 fully saturated rings. The smallest absolute Gasteiger partial charge is 0.319 e. The zero-order valence-electron chi connectivity index (χ0n) is 24.1. The molecule has 4 aromatic rings. The van der Waals surface area contributed by atoms with E-state index in [-0.39, 0.29) is 12.1 Å². The molecule has 12 nitrogen and oxygen atoms in total. The molecule has 6 rings (SSSR count). The summed E-state index contributed by atoms with van der Waals surface area (Å²) in [4.78, 5) is 28.2. The van der Waals surface area contributed by atoms with Crippen molar-refractivity contribution in [3.8, 4) is 28.9 Å². The Morgan fingerprint density at radius 3 is 2.65 bits per heavy atom. The van der Waals surface area contributed by atoms with Gasteiger partial charge in [0.2, 0.25) is 11.6 Å². The van der Waals surface area contributed by atoms with E-state index >= 15 is 0 Å². The second-order valence-corrected chi connectivity index (χ2v) is 11.1. The number of benzene rings is 2. The normalized spacial score (nSPS) is 15.6. The second-order valence-electron chi connectivity index (χ2n) is 10.2. The first-order valence-corrected chi connectivity index (χ1v) is 15.2. The zero-order chi connectivity index (χ0) is 29.6. The molecule has 0 spiro atoms. The third kappa shape index (κ3) is 7.07. The Kier molecular flexibility index (Phi) is 9.01. The predicted molar refractivity (Wildman–Crippen MR) is 162 cm³/mol. The number of ether oxygens (including phenoxy) is 5. The van der Waals surface area contributed by atoms with Gasteiger partial charge in [0.1, 0.15) is 35.7 Å². The molecule has 13 heteroatoms. The maximum atomic E-state index is 12.5. The lowest BCUT2D eigenvalue weighted by molar-refractivity contribution is 0.0357. The minimum absolute atomic E-state index is 0.203. The minimum atomic E-state index is -0.321. The van der Waals surface area contributed by atoms with Gasteiger partial charge in [-0.25, -0.2) is 19.7 Å². The molecule has 1 unspecified atom stereocenters. The Morgan fingerprint density at radius 1 is 1.09 bits per heavy atom. The average molecular weight is 607 g/mol. The zero-order valence-corrected chi connectivity index (χ0v) is 24.9. The van der Waals surface area contributed by atoms with Crippen LogP contribution in [-0.2, 0) is 4.74 Å². The van der Waals surface area contributed by atoms with Gasteiger partial charge >= 0.3 is 6.03 Å². The van der Waals surface area contributed by atoms with Crippen LogP contribution >= 0.6 is 11.3 Å². The molecular weight excluding hydrogens is 572 g/mol. The van der Waals surface area contributed by atoms with Crippen molar-refractivity contribution in [2.45, 2.75) is 26.3 Å². The van der Waals surface area contributed by atoms with Crippen molar-refractivity contribution in [3.05, 3.63) is 52.7 Å². The van der Waals surface area contributed by atoms with Crippen LogP contribution in [0.4, 0.5) is 10.5 Å². The van der Waals surface area contributed by atoms with E-state index in [1.54, 1.807) is 24.3 Å². The van der Waals surface area contributed by atoms with Gasteiger partial charge in [0, 0.05) is 42.5 Å². The van der Waals surface area contributed by atoms with Crippen LogP contribution in [0.25, 0.3) is 10.9 Å². The van der Waals surface area contributed by atoms with E-state index in [1.165, 1.54) is 17.7 Å². The molecule has 0 saturated carbocycles. The standard InChI is InChI=1S/C30H34N6O6S/c1-19-17-43-29(33-19)20(2)34-30(37)35-21-4-6-22(7-5-21)42-28-25-23(31-18-32-28)16-24(26-27(25)41-15-14-40-26)39-11-3-8-36-9-12-38-13-10-36/h4-7,16-18,20H,3,8-15H2,1-2H3,(H2,34,35,37). The number of carbonyl (C=O) groups is 1. The summed E-state index contributed by atoms with van der Waals surface area (Å²) >= 11 is 1.52. The van der Waals surface area contributed by atoms with Gasteiger partial charge in [-0.3, -0.25) is 4.90 Å². The van der Waals surface area contributed by atoms with Gasteiger partial charge in [-0.1, -0.05) is 0 Å². The molecule has 43 heavy (non-hydrogen) atoms. The van der Waals surface area contributed by atoms with Crippen molar-refractivity contribution >= 4 is 34.0 Å². The van der Waals surface area contributed by atoms with Crippen molar-refractivity contribution in [1.29, 1.82) is 0 Å². The number of thiazole rings is 1. The van der Waals surface area contributed by atoms with Crippen LogP contribution in [0.2, 0.25) is 0 Å². The molecular formula is C30H34N6O6S. The summed E-state index contributed by atoms with van der Waals surface area (Å²) in [6.07, 6.45) is 2.32. The highest BCUT2D eigenvalue weighted by Crippen LogP contribution is 2.47. The van der Waals surface area contributed by atoms with E-state index in [4.69, 9.17) is 23.7 Å². The maximum Gasteiger partial charge on any atom is 0.319 e. The van der Waals surface area contributed by atoms with Gasteiger partial charge < -0.3 is 34.3 Å². The lowest BCUT2D eigenvalue weighted by Gasteiger charge is -2.26. The molecule has 4 heterocycles. The Bertz CT molecular complexity index is 1560. The topological polar surface area (TPSA) is 129 Å². The van der Waals surface area contributed by atoms with Crippen LogP contribution in [-0.4, -0.2) is 78.6 Å². The fourth-order valence-electron chi connectivity index (χ4n) is 4.88. The van der Waals surface area contributed by atoms with E-state index in [0.717, 1.165) is 50.0 Å². The van der Waals surface area contributed by atoms with Crippen LogP contribution < -0.4 is 29.6 Å². The number of rotatable bonds is 10. The van der Waals surface area contributed by atoms with E-state index in [9.17, 15) is 4.79 Å². The van der Waals surface area contributed by atoms with Crippen molar-refractivity contribution in [2.24, 2.45) is 0 Å². The largest absolute Gasteiger partial charge is 0.489 e. The SMILES string of the molecule is Cc1csc(C(C)NC(=O)Nc2ccc(Oc3ncnc4cc(OCCCN5CCOCC5)c5c(c34)OCCO5)cc2)n1. The quantitative estimate of drug-likeness (QED) is 0.240. The number of morpholine rings is 1. The van der Waals surface area contributed by atoms with Gasteiger partial charge in [-0.05, 0) is 44.5 Å². The van der Waals surface area contributed by atoms with Crippen LogP contribution in [0, 0.1) is 6.92 Å². The minimum Gasteiger partial charge on any atom is -0.489 e. The van der Waals surface area contributed by atoms with Crippen LogP contribution in [0.5, 0.6) is 28.9 Å². The number of carbonyl (C=O) groups excluding carboxylic acids is 1. The number of hydrogen-bond donors (Lipinski definition) is 2. The number of nitrogens with one attached hydrogen (secondary N) is 2. The molecule has 2 N–H and O–H groups in total. The first kappa shape index (κ1) is 28.9. The second kappa shape index (κ2) is 13.4. The number of aromatic nitrogens is 3. The molecule has 2 aromatic carbocycles. The Morgan fingerprint density at radius 2 is 1.88 bits per heavy atom. The molecule has 0 radical (unpaired) electrons. The summed E-state index contributed by atoms with van der Waals surface area (Å²) in [6.45, 7) is 9.56. The lowest BCUT2D eigenvalue weighted by atomic mass is 10.1. The molecule has 2 aliphatic rings. The van der Waals surface area contributed by atoms with E-state index in [1.807, 2.05) is 25.3 Å². The van der Waals surface area contributed by atoms with Gasteiger partial charge in [0.05, 0.1) is 31.4 Å². The molecule has 226 valence electrons. The first-order valence-electron chi connectivity index (χ1n) is 14.3. The summed E-state index contributed by atoms with van der Waals surface area (Å²) < 4.78 is 29.8. The number of fused-ring (bicyclic) bond motifs is 3. The highest BCUT2D eigenvalue weighted by atomic mass is 32.1. The van der Waals surface area contributed by atoms with Crippen molar-refractivity contribution in [1.82, 2.24) is 25.2 Å². The summed E-state index contributed by atoms with van der Waals surface area (Å²) in [5, 5.41) is 9.16. The van der Waals surface area contributed by atoms with Crippen molar-refractivity contribution < 1.29 is 28.5 Å². The number of aryl methyl sites for hydroxylation is 1. The highest BCUT2D eigenvalue weighted by molar-refractivity contribution is 7.09. The summed E-state index contributed by atoms with van der Waals surface area (Å²) in [6, 6.07) is 8.35. The molecule has 0 aliphatic carbocycles. The van der Waals surface area contributed by atoms with Gasteiger partial charge in [-0.2, -0.15) is 0 Å². The Labute approximate surface area is 253 Å². The monoisotopic (exact) mass is 606 g/mol. The summed E-state index contributed by atoms with van der Waals surface area (Å²) in [7, 11) is 0. The molecule has 2 aliphatic heterocycles. The average Bonchev–Trinajstić information content (AvgIpc) is 3.47. The van der Waals surface area contributed by atoms with Gasteiger partial charge in [0.15, 0.2) is 11.5 Å². The lowest BCUT2D eigenvalue weighted by Crippen LogP contribution is -2.37. The molecule has 2 aromatic heterocycles. The van der Waals surface area contributed by atoms with Crippen LogP contribution in [0.15, 0.2) is 42.0 Å². The highest BCUT2D eigenvalue weighted by Gasteiger charge is 2.25. The van der Waals surface area contributed by atoms with Gasteiger partial charge in [-0.15, -0.1) is 11.3 Å². The van der Waals surface area contributed by atoms with Gasteiger partial charge in [0.25, 0.3) is 0 Å². The molecule has 2 amide bonds. The molecule has 1 saturated heterocycles. The van der Waals surface area contributed by atoms with Crippen LogP contribution in [0.1, 0.15) is 30.1 Å². The summed E-state index contributed by atoms with van der Waals surface area (Å²) in [5.41, 5.74) is 2.17. The fraction of sp³-hybridized carbons (Fsp3) is 0.400. The fourth-order valence-corrected chi connectivity index (χ4v) is 5.68. The third-order valence-corrected chi connectivity index (χ3v) is 8.15. The van der Waals surface area contributed by atoms with Crippen molar-refractivity contribution in [3.63, 3.8) is 0 Å². The number of hydrogen-bond acceptors (Lipinski definition) is 11. The first-order chi connectivity index (χ1) is 21.0. The van der Waals surface area contributed by atoms with Crippen molar-refractivity contribution in [2.75, 3.05) is 58.0 Å². The Hall–Kier alpha value is -4.20. The van der Waals surface area contributed by atoms with E-state index < -0.39 is 0 Å². The Balaban J connectivity index is 1.12. The molecule has 1 atom stereocenters. The maximum absolute atomic E-state index is 12.5. The molecule has 0 bridgehead atoms. The predicted octanol–water partition coefficient (Wildman–Crippen LogP) is 4.94. The number of nitrogens with zero attached hydrogens (tertiary/aromatic N) is 4. The summed E-state index contributed by atoms with van der Waals surface area (Å²) in [5.74, 6) is 2.48. The number of urea groups is 1. The van der Waals surface area contributed by atoms with Crippen LogP contribution in [0.3, 0.4) is 0 Å².